The van der Waals surface area contributed by atoms with Gasteiger partial charge < -0.3 is 15.8 Å². The van der Waals surface area contributed by atoms with Crippen LogP contribution in [-0.2, 0) is 4.74 Å². The van der Waals surface area contributed by atoms with Crippen LogP contribution in [0.25, 0.3) is 0 Å². The lowest BCUT2D eigenvalue weighted by Gasteiger charge is -2.23. The normalized spacial score (nSPS) is 25.4. The monoisotopic (exact) mass is 210 g/mol. The van der Waals surface area contributed by atoms with Gasteiger partial charge in [-0.1, -0.05) is 0 Å². The minimum Gasteiger partial charge on any atom is -0.383 e. The molecule has 1 amide bonds. The van der Waals surface area contributed by atoms with Gasteiger partial charge in [0.25, 0.3) is 5.91 Å². The van der Waals surface area contributed by atoms with E-state index in [9.17, 15) is 4.79 Å². The molecule has 1 atom stereocenters. The molecule has 1 aliphatic heterocycles. The number of anilines is 1. The number of nitrogens with zero attached hydrogens (tertiary/aromatic N) is 1. The summed E-state index contributed by atoms with van der Waals surface area (Å²) in [7, 11) is 0. The van der Waals surface area contributed by atoms with Gasteiger partial charge in [-0.25, -0.2) is 0 Å². The molecule has 1 saturated heterocycles. The summed E-state index contributed by atoms with van der Waals surface area (Å²) in [4.78, 5) is 11.8. The quantitative estimate of drug-likeness (QED) is 0.635. The molecule has 1 fully saturated rings. The number of hydrogen-bond acceptors (Lipinski definition) is 4. The molecule has 0 aliphatic carbocycles. The van der Waals surface area contributed by atoms with E-state index >= 15 is 0 Å². The molecule has 1 aliphatic rings. The molecule has 0 aromatic carbocycles. The predicted octanol–water partition coefficient (Wildman–Crippen LogP) is -0.0993. The summed E-state index contributed by atoms with van der Waals surface area (Å²) >= 11 is 0. The number of nitrogens with two attached hydrogens (primary N) is 1. The molecule has 0 spiro atoms. The molecule has 0 saturated carbocycles. The maximum atomic E-state index is 11.8. The van der Waals surface area contributed by atoms with Crippen molar-refractivity contribution in [3.05, 3.63) is 11.8 Å². The van der Waals surface area contributed by atoms with E-state index in [0.717, 1.165) is 6.42 Å². The SMILES string of the molecule is CC1(NC(=O)c2cn[nH]c2N)CCOC1. The van der Waals surface area contributed by atoms with Crippen LogP contribution < -0.4 is 11.1 Å². The van der Waals surface area contributed by atoms with Crippen LogP contribution in [0.1, 0.15) is 23.7 Å². The number of H-pyrrole nitrogens is 1. The zero-order valence-corrected chi connectivity index (χ0v) is 8.54. The van der Waals surface area contributed by atoms with Gasteiger partial charge in [-0.3, -0.25) is 9.89 Å². The van der Waals surface area contributed by atoms with Crippen molar-refractivity contribution in [3.63, 3.8) is 0 Å². The fourth-order valence-corrected chi connectivity index (χ4v) is 1.58. The van der Waals surface area contributed by atoms with Crippen molar-refractivity contribution in [2.45, 2.75) is 18.9 Å². The second-order valence-corrected chi connectivity index (χ2v) is 4.01. The van der Waals surface area contributed by atoms with E-state index in [1.54, 1.807) is 0 Å². The first-order valence-electron chi connectivity index (χ1n) is 4.80. The molecule has 0 radical (unpaired) electrons. The minimum atomic E-state index is -0.291. The Morgan fingerprint density at radius 3 is 3.13 bits per heavy atom. The molecule has 1 aromatic rings. The van der Waals surface area contributed by atoms with E-state index in [-0.39, 0.29) is 17.3 Å². The van der Waals surface area contributed by atoms with Gasteiger partial charge >= 0.3 is 0 Å². The standard InChI is InChI=1S/C9H14N4O2/c1-9(2-3-15-5-9)12-8(14)6-4-11-13-7(6)10/h4H,2-3,5H2,1H3,(H,12,14)(H3,10,11,13). The maximum absolute atomic E-state index is 11.8. The van der Waals surface area contributed by atoms with Crippen molar-refractivity contribution in [1.29, 1.82) is 0 Å². The van der Waals surface area contributed by atoms with Crippen LogP contribution in [0.3, 0.4) is 0 Å². The van der Waals surface area contributed by atoms with E-state index in [1.165, 1.54) is 6.20 Å². The topological polar surface area (TPSA) is 93.0 Å². The number of ether oxygens (including phenoxy) is 1. The first-order valence-corrected chi connectivity index (χ1v) is 4.80. The lowest BCUT2D eigenvalue weighted by molar-refractivity contribution is 0.0891. The second kappa shape index (κ2) is 3.54. The van der Waals surface area contributed by atoms with Crippen LogP contribution >= 0.6 is 0 Å². The summed E-state index contributed by atoms with van der Waals surface area (Å²) in [5, 5.41) is 9.12. The van der Waals surface area contributed by atoms with Gasteiger partial charge in [0.15, 0.2) is 0 Å². The molecular weight excluding hydrogens is 196 g/mol. The lowest BCUT2D eigenvalue weighted by Crippen LogP contribution is -2.46. The Balaban J connectivity index is 2.07. The van der Waals surface area contributed by atoms with Crippen molar-refractivity contribution in [2.24, 2.45) is 0 Å². The van der Waals surface area contributed by atoms with Crippen LogP contribution in [0.4, 0.5) is 5.82 Å². The fraction of sp³-hybridized carbons (Fsp3) is 0.556. The highest BCUT2D eigenvalue weighted by Gasteiger charge is 2.32. The van der Waals surface area contributed by atoms with Crippen molar-refractivity contribution >= 4 is 11.7 Å². The lowest BCUT2D eigenvalue weighted by atomic mass is 10.0. The molecule has 4 N–H and O–H groups in total. The summed E-state index contributed by atoms with van der Waals surface area (Å²) in [6.07, 6.45) is 2.24. The summed E-state index contributed by atoms with van der Waals surface area (Å²) in [5.74, 6) is 0.0734. The first-order chi connectivity index (χ1) is 7.11. The van der Waals surface area contributed by atoms with Gasteiger partial charge in [-0.2, -0.15) is 5.10 Å². The number of aromatic nitrogens is 2. The highest BCUT2D eigenvalue weighted by molar-refractivity contribution is 5.98. The Morgan fingerprint density at radius 2 is 2.60 bits per heavy atom. The number of aromatic amines is 1. The second-order valence-electron chi connectivity index (χ2n) is 4.01. The van der Waals surface area contributed by atoms with Gasteiger partial charge in [0, 0.05) is 6.61 Å². The summed E-state index contributed by atoms with van der Waals surface area (Å²) in [6, 6.07) is 0. The number of carbonyl (C=O) groups is 1. The zero-order chi connectivity index (χ0) is 10.9. The number of nitrogens with one attached hydrogen (secondary N) is 2. The molecule has 82 valence electrons. The van der Waals surface area contributed by atoms with Crippen LogP contribution in [-0.4, -0.2) is 34.9 Å². The Morgan fingerprint density at radius 1 is 1.80 bits per heavy atom. The molecule has 1 unspecified atom stereocenters. The molecule has 2 rings (SSSR count). The van der Waals surface area contributed by atoms with Gasteiger partial charge in [0.1, 0.15) is 11.4 Å². The average Bonchev–Trinajstić information content (AvgIpc) is 2.74. The van der Waals surface area contributed by atoms with Gasteiger partial charge in [0.05, 0.1) is 18.3 Å². The van der Waals surface area contributed by atoms with Crippen LogP contribution in [0.2, 0.25) is 0 Å². The highest BCUT2D eigenvalue weighted by atomic mass is 16.5. The van der Waals surface area contributed by atoms with Crippen molar-refractivity contribution in [3.8, 4) is 0 Å². The fourth-order valence-electron chi connectivity index (χ4n) is 1.58. The molecule has 0 bridgehead atoms. The largest absolute Gasteiger partial charge is 0.383 e. The molecule has 6 heteroatoms. The summed E-state index contributed by atoms with van der Waals surface area (Å²) in [5.41, 5.74) is 5.64. The third-order valence-electron chi connectivity index (χ3n) is 2.55. The van der Waals surface area contributed by atoms with Gasteiger partial charge in [-0.15, -0.1) is 0 Å². The minimum absolute atomic E-state index is 0.214. The maximum Gasteiger partial charge on any atom is 0.257 e. The van der Waals surface area contributed by atoms with Gasteiger partial charge in [-0.05, 0) is 13.3 Å². The molecule has 1 aromatic heterocycles. The Hall–Kier alpha value is -1.56. The number of nitrogen functional groups attached to an aromatic ring is 1. The molecule has 2 heterocycles. The summed E-state index contributed by atoms with van der Waals surface area (Å²) < 4.78 is 5.24. The average molecular weight is 210 g/mol. The van der Waals surface area contributed by atoms with E-state index < -0.39 is 0 Å². The van der Waals surface area contributed by atoms with Crippen LogP contribution in [0.15, 0.2) is 6.20 Å². The Labute approximate surface area is 87.2 Å². The Kier molecular flexibility index (Phi) is 2.36. The summed E-state index contributed by atoms with van der Waals surface area (Å²) in [6.45, 7) is 3.17. The van der Waals surface area contributed by atoms with Crippen LogP contribution in [0.5, 0.6) is 0 Å². The molecule has 15 heavy (non-hydrogen) atoms. The highest BCUT2D eigenvalue weighted by Crippen LogP contribution is 2.18. The van der Waals surface area contributed by atoms with Crippen molar-refractivity contribution < 1.29 is 9.53 Å². The molecule has 6 nitrogen and oxygen atoms in total. The third-order valence-corrected chi connectivity index (χ3v) is 2.55. The van der Waals surface area contributed by atoms with Gasteiger partial charge in [0.2, 0.25) is 0 Å². The first kappa shape index (κ1) is 9.97. The third kappa shape index (κ3) is 1.94. The van der Waals surface area contributed by atoms with Crippen LogP contribution in [0, 0.1) is 0 Å². The number of carbonyl (C=O) groups excluding carboxylic acids is 1. The van der Waals surface area contributed by atoms with E-state index in [1.807, 2.05) is 6.92 Å². The van der Waals surface area contributed by atoms with Crippen molar-refractivity contribution in [2.75, 3.05) is 18.9 Å². The number of rotatable bonds is 2. The zero-order valence-electron chi connectivity index (χ0n) is 8.54. The predicted molar refractivity (Wildman–Crippen MR) is 54.3 cm³/mol. The molecular formula is C9H14N4O2. The van der Waals surface area contributed by atoms with Crippen molar-refractivity contribution in [1.82, 2.24) is 15.5 Å². The Bertz CT molecular complexity index is 368. The smallest absolute Gasteiger partial charge is 0.257 e. The van der Waals surface area contributed by atoms with E-state index in [2.05, 4.69) is 15.5 Å². The van der Waals surface area contributed by atoms with E-state index in [0.29, 0.717) is 18.8 Å². The number of hydrogen-bond donors (Lipinski definition) is 3. The van der Waals surface area contributed by atoms with E-state index in [4.69, 9.17) is 10.5 Å². The number of amides is 1.